The van der Waals surface area contributed by atoms with Crippen LogP contribution in [0.5, 0.6) is 0 Å². The molecule has 0 spiro atoms. The van der Waals surface area contributed by atoms with E-state index in [2.05, 4.69) is 10.1 Å². The number of ether oxygens (including phenoxy) is 2. The van der Waals surface area contributed by atoms with Crippen LogP contribution in [0.3, 0.4) is 0 Å². The molecule has 0 radical (unpaired) electrons. The van der Waals surface area contributed by atoms with Crippen molar-refractivity contribution in [3.8, 4) is 0 Å². The minimum absolute atomic E-state index is 0.141. The summed E-state index contributed by atoms with van der Waals surface area (Å²) in [7, 11) is 1.24. The van der Waals surface area contributed by atoms with Crippen LogP contribution in [-0.2, 0) is 14.3 Å². The molecule has 0 amide bonds. The number of hydrogen-bond donors (Lipinski definition) is 1. The van der Waals surface area contributed by atoms with Crippen molar-refractivity contribution in [2.75, 3.05) is 26.9 Å². The Morgan fingerprint density at radius 1 is 1.53 bits per heavy atom. The molecule has 4 nitrogen and oxygen atoms in total. The van der Waals surface area contributed by atoms with Gasteiger partial charge in [-0.05, 0) is 13.5 Å². The first-order valence-corrected chi connectivity index (χ1v) is 4.65. The summed E-state index contributed by atoms with van der Waals surface area (Å²) in [4.78, 5) is 11.3. The number of esters is 1. The number of halogens is 2. The third-order valence-electron chi connectivity index (χ3n) is 1.84. The summed E-state index contributed by atoms with van der Waals surface area (Å²) in [6.45, 7) is 3.04. The van der Waals surface area contributed by atoms with Crippen LogP contribution in [0, 0.1) is 0 Å². The normalized spacial score (nSPS) is 15.1. The third kappa shape index (κ3) is 5.03. The fourth-order valence-corrected chi connectivity index (χ4v) is 1.15. The molecule has 15 heavy (non-hydrogen) atoms. The fourth-order valence-electron chi connectivity index (χ4n) is 1.15. The summed E-state index contributed by atoms with van der Waals surface area (Å²) in [5, 5.41) is 2.84. The van der Waals surface area contributed by atoms with Crippen LogP contribution in [0.4, 0.5) is 8.78 Å². The summed E-state index contributed by atoms with van der Waals surface area (Å²) in [5.41, 5.74) is -1.07. The second-order valence-corrected chi connectivity index (χ2v) is 3.26. The molecule has 0 aliphatic heterocycles. The summed E-state index contributed by atoms with van der Waals surface area (Å²) in [6, 6.07) is 0. The molecule has 6 heteroatoms. The number of hydrogen-bond acceptors (Lipinski definition) is 4. The highest BCUT2D eigenvalue weighted by Gasteiger charge is 2.33. The van der Waals surface area contributed by atoms with E-state index in [1.807, 2.05) is 0 Å². The second-order valence-electron chi connectivity index (χ2n) is 3.26. The van der Waals surface area contributed by atoms with Crippen LogP contribution in [0.15, 0.2) is 0 Å². The molecule has 1 atom stereocenters. The van der Waals surface area contributed by atoms with E-state index >= 15 is 0 Å². The summed E-state index contributed by atoms with van der Waals surface area (Å²) in [6.07, 6.45) is -2.53. The predicted molar refractivity (Wildman–Crippen MR) is 50.9 cm³/mol. The zero-order valence-corrected chi connectivity index (χ0v) is 9.18. The Labute approximate surface area is 87.9 Å². The van der Waals surface area contributed by atoms with Gasteiger partial charge in [0.25, 0.3) is 6.43 Å². The van der Waals surface area contributed by atoms with E-state index in [-0.39, 0.29) is 6.61 Å². The number of nitrogens with one attached hydrogen (secondary N) is 1. The Kier molecular flexibility index (Phi) is 6.35. The number of carbonyl (C=O) groups is 1. The van der Waals surface area contributed by atoms with Crippen molar-refractivity contribution in [2.45, 2.75) is 25.8 Å². The van der Waals surface area contributed by atoms with Crippen molar-refractivity contribution in [1.29, 1.82) is 0 Å². The first kappa shape index (κ1) is 14.2. The second kappa shape index (κ2) is 6.68. The van der Waals surface area contributed by atoms with Crippen LogP contribution < -0.4 is 5.32 Å². The highest BCUT2D eigenvalue weighted by atomic mass is 19.3. The first-order chi connectivity index (χ1) is 6.96. The van der Waals surface area contributed by atoms with Gasteiger partial charge >= 0.3 is 5.97 Å². The SMILES string of the molecule is CCNC(C)(COCC(F)F)C(=O)OC. The van der Waals surface area contributed by atoms with Gasteiger partial charge in [0.05, 0.1) is 13.7 Å². The zero-order chi connectivity index (χ0) is 11.9. The third-order valence-corrected chi connectivity index (χ3v) is 1.84. The lowest BCUT2D eigenvalue weighted by Crippen LogP contribution is -2.53. The Morgan fingerprint density at radius 3 is 2.53 bits per heavy atom. The maximum absolute atomic E-state index is 11.8. The average molecular weight is 225 g/mol. The maximum atomic E-state index is 11.8. The minimum atomic E-state index is -2.53. The number of alkyl halides is 2. The quantitative estimate of drug-likeness (QED) is 0.651. The van der Waals surface area contributed by atoms with Gasteiger partial charge in [0.15, 0.2) is 0 Å². The van der Waals surface area contributed by atoms with E-state index in [1.165, 1.54) is 7.11 Å². The van der Waals surface area contributed by atoms with Crippen molar-refractivity contribution in [2.24, 2.45) is 0 Å². The van der Waals surface area contributed by atoms with Crippen LogP contribution >= 0.6 is 0 Å². The van der Waals surface area contributed by atoms with Gasteiger partial charge in [0, 0.05) is 0 Å². The van der Waals surface area contributed by atoms with Crippen LogP contribution in [0.1, 0.15) is 13.8 Å². The van der Waals surface area contributed by atoms with E-state index in [0.29, 0.717) is 6.54 Å². The Hall–Kier alpha value is -0.750. The topological polar surface area (TPSA) is 47.6 Å². The number of likely N-dealkylation sites (N-methyl/N-ethyl adjacent to an activating group) is 1. The zero-order valence-electron chi connectivity index (χ0n) is 9.18. The van der Waals surface area contributed by atoms with Crippen LogP contribution in [0.2, 0.25) is 0 Å². The van der Waals surface area contributed by atoms with E-state index in [9.17, 15) is 13.6 Å². The molecular weight excluding hydrogens is 208 g/mol. The van der Waals surface area contributed by atoms with Crippen molar-refractivity contribution < 1.29 is 23.0 Å². The molecular formula is C9H17F2NO3. The number of rotatable bonds is 7. The van der Waals surface area contributed by atoms with Crippen molar-refractivity contribution in [1.82, 2.24) is 5.32 Å². The van der Waals surface area contributed by atoms with Crippen molar-refractivity contribution in [3.63, 3.8) is 0 Å². The maximum Gasteiger partial charge on any atom is 0.328 e. The molecule has 0 bridgehead atoms. The average Bonchev–Trinajstić information content (AvgIpc) is 2.16. The van der Waals surface area contributed by atoms with Crippen molar-refractivity contribution >= 4 is 5.97 Å². The fraction of sp³-hybridized carbons (Fsp3) is 0.889. The van der Waals surface area contributed by atoms with Gasteiger partial charge < -0.3 is 14.8 Å². The Bertz CT molecular complexity index is 202. The molecule has 1 unspecified atom stereocenters. The lowest BCUT2D eigenvalue weighted by molar-refractivity contribution is -0.151. The highest BCUT2D eigenvalue weighted by molar-refractivity contribution is 5.80. The highest BCUT2D eigenvalue weighted by Crippen LogP contribution is 2.08. The van der Waals surface area contributed by atoms with Gasteiger partial charge in [-0.25, -0.2) is 13.6 Å². The van der Waals surface area contributed by atoms with Gasteiger partial charge in [-0.3, -0.25) is 0 Å². The van der Waals surface area contributed by atoms with Crippen LogP contribution in [-0.4, -0.2) is 44.8 Å². The summed E-state index contributed by atoms with van der Waals surface area (Å²) < 4.78 is 32.9. The van der Waals surface area contributed by atoms with Gasteiger partial charge in [-0.2, -0.15) is 0 Å². The van der Waals surface area contributed by atoms with E-state index in [1.54, 1.807) is 13.8 Å². The largest absolute Gasteiger partial charge is 0.468 e. The molecule has 0 saturated heterocycles. The molecule has 0 aromatic carbocycles. The molecule has 0 aromatic rings. The minimum Gasteiger partial charge on any atom is -0.468 e. The van der Waals surface area contributed by atoms with Gasteiger partial charge in [0.2, 0.25) is 0 Å². The van der Waals surface area contributed by atoms with Gasteiger partial charge in [-0.15, -0.1) is 0 Å². The van der Waals surface area contributed by atoms with Gasteiger partial charge in [-0.1, -0.05) is 6.92 Å². The van der Waals surface area contributed by atoms with Gasteiger partial charge in [0.1, 0.15) is 12.1 Å². The molecule has 0 fully saturated rings. The summed E-state index contributed by atoms with van der Waals surface area (Å²) in [5.74, 6) is -0.529. The molecule has 1 N–H and O–H groups in total. The predicted octanol–water partition coefficient (Wildman–Crippen LogP) is 0.809. The Morgan fingerprint density at radius 2 is 2.13 bits per heavy atom. The number of methoxy groups -OCH3 is 1. The first-order valence-electron chi connectivity index (χ1n) is 4.65. The smallest absolute Gasteiger partial charge is 0.328 e. The lowest BCUT2D eigenvalue weighted by Gasteiger charge is -2.27. The summed E-state index contributed by atoms with van der Waals surface area (Å²) >= 11 is 0. The van der Waals surface area contributed by atoms with E-state index in [0.717, 1.165) is 0 Å². The molecule has 0 saturated carbocycles. The molecule has 0 rings (SSSR count). The molecule has 0 heterocycles. The monoisotopic (exact) mass is 225 g/mol. The molecule has 0 aliphatic rings. The molecule has 0 aromatic heterocycles. The van der Waals surface area contributed by atoms with Crippen LogP contribution in [0.25, 0.3) is 0 Å². The standard InChI is InChI=1S/C9H17F2NO3/c1-4-12-9(2,8(13)14-3)6-15-5-7(10)11/h7,12H,4-6H2,1-3H3. The van der Waals surface area contributed by atoms with E-state index < -0.39 is 24.5 Å². The molecule has 0 aliphatic carbocycles. The molecule has 90 valence electrons. The lowest BCUT2D eigenvalue weighted by atomic mass is 10.0. The Balaban J connectivity index is 4.19. The van der Waals surface area contributed by atoms with E-state index in [4.69, 9.17) is 4.74 Å². The van der Waals surface area contributed by atoms with Crippen molar-refractivity contribution in [3.05, 3.63) is 0 Å². The number of carbonyl (C=O) groups excluding carboxylic acids is 1.